The van der Waals surface area contributed by atoms with E-state index in [0.29, 0.717) is 0 Å². The van der Waals surface area contributed by atoms with Crippen molar-refractivity contribution in [3.05, 3.63) is 36.0 Å². The topological polar surface area (TPSA) is 46.8 Å². The van der Waals surface area contributed by atoms with Crippen LogP contribution in [0.4, 0.5) is 0 Å². The summed E-state index contributed by atoms with van der Waals surface area (Å²) in [6, 6.07) is 5.88. The molecule has 1 fully saturated rings. The van der Waals surface area contributed by atoms with E-state index in [1.807, 2.05) is 29.8 Å². The molecule has 5 heteroatoms. The Morgan fingerprint density at radius 3 is 2.52 bits per heavy atom. The van der Waals surface area contributed by atoms with Crippen LogP contribution >= 0.6 is 0 Å². The van der Waals surface area contributed by atoms with E-state index in [0.717, 1.165) is 37.1 Å². The Kier molecular flexibility index (Phi) is 4.60. The smallest absolute Gasteiger partial charge is 0.155 e. The number of likely N-dealkylation sites (tertiary alicyclic amines) is 1. The number of aromatic nitrogens is 4. The van der Waals surface area contributed by atoms with Crippen LogP contribution in [0.1, 0.15) is 43.8 Å². The lowest BCUT2D eigenvalue weighted by atomic mass is 10.1. The molecule has 2 aromatic rings. The third kappa shape index (κ3) is 3.67. The molecule has 0 radical (unpaired) electrons. The summed E-state index contributed by atoms with van der Waals surface area (Å²) in [5, 5.41) is 4.50. The molecule has 0 aromatic carbocycles. The second-order valence-corrected chi connectivity index (χ2v) is 5.72. The van der Waals surface area contributed by atoms with Gasteiger partial charge in [0.15, 0.2) is 5.82 Å². The summed E-state index contributed by atoms with van der Waals surface area (Å²) >= 11 is 0. The van der Waals surface area contributed by atoms with Crippen molar-refractivity contribution < 1.29 is 0 Å². The molecule has 0 saturated carbocycles. The van der Waals surface area contributed by atoms with Gasteiger partial charge in [-0.3, -0.25) is 4.90 Å². The van der Waals surface area contributed by atoms with Gasteiger partial charge >= 0.3 is 0 Å². The molecule has 0 spiro atoms. The van der Waals surface area contributed by atoms with Gasteiger partial charge in [-0.05, 0) is 45.0 Å². The second-order valence-electron chi connectivity index (χ2n) is 5.72. The molecule has 2 aromatic heterocycles. The summed E-state index contributed by atoms with van der Waals surface area (Å²) in [6.45, 7) is 5.12. The molecule has 3 rings (SSSR count). The van der Waals surface area contributed by atoms with Gasteiger partial charge in [0.1, 0.15) is 11.6 Å². The number of nitrogens with zero attached hydrogens (tertiary/aromatic N) is 5. The Balaban J connectivity index is 1.78. The first-order valence-electron chi connectivity index (χ1n) is 7.89. The molecule has 112 valence electrons. The molecule has 3 heterocycles. The quantitative estimate of drug-likeness (QED) is 0.870. The SMILES string of the molecule is Cc1nc(CN2CCCCCCC2)n(-c2ccccn2)n1. The summed E-state index contributed by atoms with van der Waals surface area (Å²) < 4.78 is 1.88. The minimum atomic E-state index is 0.808. The van der Waals surface area contributed by atoms with E-state index in [9.17, 15) is 0 Å². The molecule has 1 saturated heterocycles. The van der Waals surface area contributed by atoms with E-state index >= 15 is 0 Å². The number of rotatable bonds is 3. The van der Waals surface area contributed by atoms with Crippen LogP contribution in [-0.4, -0.2) is 37.7 Å². The summed E-state index contributed by atoms with van der Waals surface area (Å²) in [7, 11) is 0. The molecule has 0 unspecified atom stereocenters. The maximum Gasteiger partial charge on any atom is 0.155 e. The van der Waals surface area contributed by atoms with Crippen molar-refractivity contribution in [2.45, 2.75) is 45.6 Å². The largest absolute Gasteiger partial charge is 0.296 e. The molecule has 0 atom stereocenters. The van der Waals surface area contributed by atoms with Gasteiger partial charge in [0, 0.05) is 6.20 Å². The van der Waals surface area contributed by atoms with E-state index in [2.05, 4.69) is 20.0 Å². The molecule has 0 amide bonds. The predicted molar refractivity (Wildman–Crippen MR) is 82.3 cm³/mol. The van der Waals surface area contributed by atoms with Crippen LogP contribution in [0.15, 0.2) is 24.4 Å². The van der Waals surface area contributed by atoms with Gasteiger partial charge in [0.25, 0.3) is 0 Å². The Morgan fingerprint density at radius 2 is 1.81 bits per heavy atom. The highest BCUT2D eigenvalue weighted by Gasteiger charge is 2.15. The van der Waals surface area contributed by atoms with Gasteiger partial charge in [-0.1, -0.05) is 25.3 Å². The molecule has 1 aliphatic heterocycles. The maximum absolute atomic E-state index is 4.61. The first-order chi connectivity index (χ1) is 10.3. The van der Waals surface area contributed by atoms with Crippen LogP contribution < -0.4 is 0 Å². The van der Waals surface area contributed by atoms with E-state index in [1.54, 1.807) is 6.20 Å². The fourth-order valence-electron chi connectivity index (χ4n) is 2.89. The van der Waals surface area contributed by atoms with Crippen molar-refractivity contribution in [3.8, 4) is 5.82 Å². The highest BCUT2D eigenvalue weighted by Crippen LogP contribution is 2.14. The normalized spacial score (nSPS) is 17.4. The highest BCUT2D eigenvalue weighted by molar-refractivity contribution is 5.21. The van der Waals surface area contributed by atoms with Gasteiger partial charge in [-0.15, -0.1) is 5.10 Å². The fraction of sp³-hybridized carbons (Fsp3) is 0.562. The molecule has 0 bridgehead atoms. The summed E-state index contributed by atoms with van der Waals surface area (Å²) in [4.78, 5) is 11.5. The fourth-order valence-corrected chi connectivity index (χ4v) is 2.89. The zero-order valence-electron chi connectivity index (χ0n) is 12.7. The van der Waals surface area contributed by atoms with Crippen molar-refractivity contribution in [1.82, 2.24) is 24.6 Å². The van der Waals surface area contributed by atoms with Crippen LogP contribution in [0.5, 0.6) is 0 Å². The van der Waals surface area contributed by atoms with Gasteiger partial charge in [0.2, 0.25) is 0 Å². The molecule has 5 nitrogen and oxygen atoms in total. The third-order valence-corrected chi connectivity index (χ3v) is 3.96. The number of aryl methyl sites for hydroxylation is 1. The Hall–Kier alpha value is -1.75. The van der Waals surface area contributed by atoms with Crippen molar-refractivity contribution in [2.75, 3.05) is 13.1 Å². The molecular formula is C16H23N5. The Morgan fingerprint density at radius 1 is 1.05 bits per heavy atom. The van der Waals surface area contributed by atoms with E-state index in [1.165, 1.54) is 32.1 Å². The number of hydrogen-bond donors (Lipinski definition) is 0. The average Bonchev–Trinajstić information content (AvgIpc) is 2.83. The minimum Gasteiger partial charge on any atom is -0.296 e. The van der Waals surface area contributed by atoms with Gasteiger partial charge in [-0.25, -0.2) is 9.97 Å². The van der Waals surface area contributed by atoms with E-state index in [4.69, 9.17) is 0 Å². The molecule has 0 aliphatic carbocycles. The monoisotopic (exact) mass is 285 g/mol. The van der Waals surface area contributed by atoms with Crippen LogP contribution in [-0.2, 0) is 6.54 Å². The molecule has 21 heavy (non-hydrogen) atoms. The summed E-state index contributed by atoms with van der Waals surface area (Å²) in [5.41, 5.74) is 0. The number of pyridine rings is 1. The first kappa shape index (κ1) is 14.2. The predicted octanol–water partition coefficient (Wildman–Crippen LogP) is 2.74. The first-order valence-corrected chi connectivity index (χ1v) is 7.89. The summed E-state index contributed by atoms with van der Waals surface area (Å²) in [6.07, 6.45) is 8.46. The van der Waals surface area contributed by atoms with E-state index < -0.39 is 0 Å². The second kappa shape index (κ2) is 6.80. The van der Waals surface area contributed by atoms with Gasteiger partial charge < -0.3 is 0 Å². The third-order valence-electron chi connectivity index (χ3n) is 3.96. The lowest BCUT2D eigenvalue weighted by molar-refractivity contribution is 0.232. The van der Waals surface area contributed by atoms with Crippen LogP contribution in [0.3, 0.4) is 0 Å². The Bertz CT molecular complexity index is 555. The lowest BCUT2D eigenvalue weighted by Gasteiger charge is -2.23. The number of hydrogen-bond acceptors (Lipinski definition) is 4. The van der Waals surface area contributed by atoms with E-state index in [-0.39, 0.29) is 0 Å². The molecular weight excluding hydrogens is 262 g/mol. The van der Waals surface area contributed by atoms with Crippen molar-refractivity contribution >= 4 is 0 Å². The van der Waals surface area contributed by atoms with Crippen LogP contribution in [0, 0.1) is 6.92 Å². The van der Waals surface area contributed by atoms with Crippen molar-refractivity contribution in [3.63, 3.8) is 0 Å². The maximum atomic E-state index is 4.61. The lowest BCUT2D eigenvalue weighted by Crippen LogP contribution is -2.28. The van der Waals surface area contributed by atoms with Crippen molar-refractivity contribution in [1.29, 1.82) is 0 Å². The highest BCUT2D eigenvalue weighted by atomic mass is 15.4. The van der Waals surface area contributed by atoms with Gasteiger partial charge in [0.05, 0.1) is 6.54 Å². The Labute approximate surface area is 126 Å². The van der Waals surface area contributed by atoms with Gasteiger partial charge in [-0.2, -0.15) is 4.68 Å². The zero-order chi connectivity index (χ0) is 14.5. The molecule has 1 aliphatic rings. The average molecular weight is 285 g/mol. The minimum absolute atomic E-state index is 0.808. The molecule has 0 N–H and O–H groups in total. The standard InChI is InChI=1S/C16H23N5/c1-14-18-16(13-20-11-7-3-2-4-8-12-20)21(19-14)15-9-5-6-10-17-15/h5-6,9-10H,2-4,7-8,11-13H2,1H3. The zero-order valence-corrected chi connectivity index (χ0v) is 12.7. The summed E-state index contributed by atoms with van der Waals surface area (Å²) in [5.74, 6) is 2.65. The van der Waals surface area contributed by atoms with Crippen molar-refractivity contribution in [2.24, 2.45) is 0 Å². The van der Waals surface area contributed by atoms with Crippen LogP contribution in [0.2, 0.25) is 0 Å². The van der Waals surface area contributed by atoms with Crippen LogP contribution in [0.25, 0.3) is 5.82 Å².